The highest BCUT2D eigenvalue weighted by Gasteiger charge is 2.10. The Morgan fingerprint density at radius 1 is 0.917 bits per heavy atom. The van der Waals surface area contributed by atoms with E-state index in [0.717, 1.165) is 12.1 Å². The minimum absolute atomic E-state index is 0.159. The van der Waals surface area contributed by atoms with E-state index in [-0.39, 0.29) is 16.8 Å². The van der Waals surface area contributed by atoms with Gasteiger partial charge in [0.25, 0.3) is 0 Å². The minimum Gasteiger partial charge on any atom is -0.340 e. The molecule has 0 aliphatic heterocycles. The summed E-state index contributed by atoms with van der Waals surface area (Å²) in [5.41, 5.74) is 1.43. The van der Waals surface area contributed by atoms with Crippen LogP contribution in [-0.4, -0.2) is 9.97 Å². The Morgan fingerprint density at radius 2 is 1.58 bits per heavy atom. The largest absolute Gasteiger partial charge is 0.340 e. The lowest BCUT2D eigenvalue weighted by atomic mass is 10.2. The molecule has 0 amide bonds. The standard InChI is InChI=1S/C17H11ClF3N3/c1-9-6-12(20)13(21)7-14(9)22-16-8-15(18)23-17(24-16)10-2-4-11(19)5-3-10/h2-8H,1H3,(H,22,23,24). The van der Waals surface area contributed by atoms with E-state index in [1.54, 1.807) is 6.92 Å². The van der Waals surface area contributed by atoms with Crippen molar-refractivity contribution in [3.63, 3.8) is 0 Å². The number of hydrogen-bond donors (Lipinski definition) is 1. The molecule has 0 spiro atoms. The molecule has 0 unspecified atom stereocenters. The van der Waals surface area contributed by atoms with Crippen LogP contribution >= 0.6 is 11.6 Å². The molecular weight excluding hydrogens is 339 g/mol. The Labute approximate surface area is 141 Å². The molecule has 1 aromatic heterocycles. The van der Waals surface area contributed by atoms with E-state index in [1.807, 2.05) is 0 Å². The fourth-order valence-electron chi connectivity index (χ4n) is 2.13. The summed E-state index contributed by atoms with van der Waals surface area (Å²) in [5.74, 6) is -1.68. The third kappa shape index (κ3) is 3.49. The quantitative estimate of drug-likeness (QED) is 0.655. The van der Waals surface area contributed by atoms with Gasteiger partial charge in [0, 0.05) is 23.4 Å². The Bertz CT molecular complexity index is 898. The molecule has 2 aromatic carbocycles. The molecule has 1 N–H and O–H groups in total. The Balaban J connectivity index is 1.97. The van der Waals surface area contributed by atoms with Crippen LogP contribution in [0.15, 0.2) is 42.5 Å². The molecule has 0 aliphatic carbocycles. The summed E-state index contributed by atoms with van der Waals surface area (Å²) < 4.78 is 39.6. The van der Waals surface area contributed by atoms with E-state index in [2.05, 4.69) is 15.3 Å². The summed E-state index contributed by atoms with van der Waals surface area (Å²) in [7, 11) is 0. The van der Waals surface area contributed by atoms with E-state index in [1.165, 1.54) is 30.3 Å². The van der Waals surface area contributed by atoms with Crippen molar-refractivity contribution < 1.29 is 13.2 Å². The van der Waals surface area contributed by atoms with Crippen LogP contribution in [-0.2, 0) is 0 Å². The lowest BCUT2D eigenvalue weighted by molar-refractivity contribution is 0.508. The summed E-state index contributed by atoms with van der Waals surface area (Å²) in [5, 5.41) is 3.05. The number of hydrogen-bond acceptors (Lipinski definition) is 3. The zero-order chi connectivity index (χ0) is 17.3. The average molecular weight is 350 g/mol. The SMILES string of the molecule is Cc1cc(F)c(F)cc1Nc1cc(Cl)nc(-c2ccc(F)cc2)n1. The molecule has 122 valence electrons. The van der Waals surface area contributed by atoms with E-state index in [9.17, 15) is 13.2 Å². The lowest BCUT2D eigenvalue weighted by Crippen LogP contribution is -2.00. The molecular formula is C17H11ClF3N3. The maximum absolute atomic E-state index is 13.4. The van der Waals surface area contributed by atoms with Gasteiger partial charge in [0.2, 0.25) is 0 Å². The van der Waals surface area contributed by atoms with Crippen molar-refractivity contribution in [1.29, 1.82) is 0 Å². The highest BCUT2D eigenvalue weighted by Crippen LogP contribution is 2.26. The van der Waals surface area contributed by atoms with Crippen molar-refractivity contribution in [1.82, 2.24) is 9.97 Å². The van der Waals surface area contributed by atoms with Gasteiger partial charge >= 0.3 is 0 Å². The molecule has 3 rings (SSSR count). The number of benzene rings is 2. The lowest BCUT2D eigenvalue weighted by Gasteiger charge is -2.11. The van der Waals surface area contributed by atoms with Crippen LogP contribution < -0.4 is 5.32 Å². The Kier molecular flexibility index (Phi) is 4.40. The first-order valence-corrected chi connectivity index (χ1v) is 7.33. The molecule has 1 heterocycles. The van der Waals surface area contributed by atoms with Gasteiger partial charge in [-0.25, -0.2) is 23.1 Å². The van der Waals surface area contributed by atoms with E-state index in [0.29, 0.717) is 22.6 Å². The van der Waals surface area contributed by atoms with E-state index < -0.39 is 11.6 Å². The Hall–Kier alpha value is -2.60. The maximum Gasteiger partial charge on any atom is 0.163 e. The normalized spacial score (nSPS) is 10.7. The van der Waals surface area contributed by atoms with Gasteiger partial charge in [-0.3, -0.25) is 0 Å². The molecule has 7 heteroatoms. The number of rotatable bonds is 3. The van der Waals surface area contributed by atoms with Crippen molar-refractivity contribution >= 4 is 23.1 Å². The first-order valence-electron chi connectivity index (χ1n) is 6.95. The predicted molar refractivity (Wildman–Crippen MR) is 86.8 cm³/mol. The summed E-state index contributed by atoms with van der Waals surface area (Å²) in [6, 6.07) is 9.19. The second-order valence-electron chi connectivity index (χ2n) is 5.11. The summed E-state index contributed by atoms with van der Waals surface area (Å²) in [6.45, 7) is 1.63. The van der Waals surface area contributed by atoms with Gasteiger partial charge in [-0.05, 0) is 42.8 Å². The van der Waals surface area contributed by atoms with Crippen LogP contribution in [0.3, 0.4) is 0 Å². The number of anilines is 2. The van der Waals surface area contributed by atoms with Gasteiger partial charge < -0.3 is 5.32 Å². The maximum atomic E-state index is 13.4. The van der Waals surface area contributed by atoms with Gasteiger partial charge in [-0.2, -0.15) is 0 Å². The minimum atomic E-state index is -0.970. The molecule has 0 atom stereocenters. The van der Waals surface area contributed by atoms with Crippen LogP contribution in [0.5, 0.6) is 0 Å². The van der Waals surface area contributed by atoms with Crippen molar-refractivity contribution in [2.24, 2.45) is 0 Å². The number of halogens is 4. The second kappa shape index (κ2) is 6.49. The fourth-order valence-corrected chi connectivity index (χ4v) is 2.31. The van der Waals surface area contributed by atoms with Crippen molar-refractivity contribution in [3.05, 3.63) is 70.6 Å². The molecule has 0 aliphatic rings. The van der Waals surface area contributed by atoms with E-state index in [4.69, 9.17) is 11.6 Å². The third-order valence-corrected chi connectivity index (χ3v) is 3.52. The van der Waals surface area contributed by atoms with Crippen LogP contribution in [0.1, 0.15) is 5.56 Å². The van der Waals surface area contributed by atoms with Gasteiger partial charge in [0.15, 0.2) is 17.5 Å². The summed E-state index contributed by atoms with van der Waals surface area (Å²) in [6.07, 6.45) is 0. The number of aryl methyl sites for hydroxylation is 1. The average Bonchev–Trinajstić information content (AvgIpc) is 2.53. The second-order valence-corrected chi connectivity index (χ2v) is 5.50. The van der Waals surface area contributed by atoms with Gasteiger partial charge in [-0.1, -0.05) is 11.6 Å². The van der Waals surface area contributed by atoms with Gasteiger partial charge in [0.05, 0.1) is 0 Å². The third-order valence-electron chi connectivity index (χ3n) is 3.33. The molecule has 0 bridgehead atoms. The highest BCUT2D eigenvalue weighted by atomic mass is 35.5. The molecule has 0 radical (unpaired) electrons. The smallest absolute Gasteiger partial charge is 0.163 e. The number of aromatic nitrogens is 2. The number of nitrogens with one attached hydrogen (secondary N) is 1. The summed E-state index contributed by atoms with van der Waals surface area (Å²) >= 11 is 5.99. The van der Waals surface area contributed by atoms with Gasteiger partial charge in [-0.15, -0.1) is 0 Å². The van der Waals surface area contributed by atoms with Crippen molar-refractivity contribution in [3.8, 4) is 11.4 Å². The molecule has 0 saturated heterocycles. The topological polar surface area (TPSA) is 37.8 Å². The van der Waals surface area contributed by atoms with Crippen molar-refractivity contribution in [2.45, 2.75) is 6.92 Å². The van der Waals surface area contributed by atoms with Crippen molar-refractivity contribution in [2.75, 3.05) is 5.32 Å². The number of nitrogens with zero attached hydrogens (tertiary/aromatic N) is 2. The predicted octanol–water partition coefficient (Wildman–Crippen LogP) is 5.27. The molecule has 3 aromatic rings. The zero-order valence-corrected chi connectivity index (χ0v) is 13.2. The fraction of sp³-hybridized carbons (Fsp3) is 0.0588. The van der Waals surface area contributed by atoms with Crippen LogP contribution in [0.4, 0.5) is 24.7 Å². The Morgan fingerprint density at radius 3 is 2.29 bits per heavy atom. The van der Waals surface area contributed by atoms with E-state index >= 15 is 0 Å². The molecule has 0 saturated carbocycles. The summed E-state index contributed by atoms with van der Waals surface area (Å²) in [4.78, 5) is 8.36. The molecule has 0 fully saturated rings. The van der Waals surface area contributed by atoms with Gasteiger partial charge in [0.1, 0.15) is 16.8 Å². The van der Waals surface area contributed by atoms with Crippen LogP contribution in [0.2, 0.25) is 5.15 Å². The molecule has 24 heavy (non-hydrogen) atoms. The highest BCUT2D eigenvalue weighted by molar-refractivity contribution is 6.29. The van der Waals surface area contributed by atoms with Crippen LogP contribution in [0, 0.1) is 24.4 Å². The molecule has 3 nitrogen and oxygen atoms in total. The van der Waals surface area contributed by atoms with Crippen LogP contribution in [0.25, 0.3) is 11.4 Å². The zero-order valence-electron chi connectivity index (χ0n) is 12.4. The first kappa shape index (κ1) is 16.3. The first-order chi connectivity index (χ1) is 11.4. The monoisotopic (exact) mass is 349 g/mol.